The molecule has 1 aromatic rings. The van der Waals surface area contributed by atoms with Crippen LogP contribution in [-0.4, -0.2) is 18.3 Å². The van der Waals surface area contributed by atoms with Crippen molar-refractivity contribution >= 4 is 0 Å². The maximum Gasteiger partial charge on any atom is 0.123 e. The Hall–Kier alpha value is -1.46. The predicted molar refractivity (Wildman–Crippen MR) is 76.8 cm³/mol. The summed E-state index contributed by atoms with van der Waals surface area (Å²) in [4.78, 5) is 0. The Kier molecular flexibility index (Phi) is 7.91. The molecule has 0 bridgehead atoms. The fourth-order valence-corrected chi connectivity index (χ4v) is 1.42. The lowest BCUT2D eigenvalue weighted by atomic mass is 9.86. The smallest absolute Gasteiger partial charge is 0.123 e. The van der Waals surface area contributed by atoms with E-state index in [0.29, 0.717) is 0 Å². The number of benzene rings is 1. The number of terminal acetylenes is 1. The standard InChI is InChI=1S/C13H20O.C3H4O/c1-5-10-14-12-9-7-6-8-11(12)13(2,3)4;1-2-3-4/h6-9H,5,10H2,1-4H3;1,4H,3H2. The van der Waals surface area contributed by atoms with Gasteiger partial charge >= 0.3 is 0 Å². The van der Waals surface area contributed by atoms with Crippen LogP contribution in [0.15, 0.2) is 24.3 Å². The second-order valence-corrected chi connectivity index (χ2v) is 4.96. The van der Waals surface area contributed by atoms with Gasteiger partial charge in [-0.3, -0.25) is 0 Å². The Bertz CT molecular complexity index is 369. The molecule has 1 aromatic carbocycles. The van der Waals surface area contributed by atoms with Gasteiger partial charge in [-0.2, -0.15) is 0 Å². The van der Waals surface area contributed by atoms with Gasteiger partial charge in [0.25, 0.3) is 0 Å². The topological polar surface area (TPSA) is 29.5 Å². The van der Waals surface area contributed by atoms with Crippen LogP contribution < -0.4 is 4.74 Å². The van der Waals surface area contributed by atoms with E-state index in [4.69, 9.17) is 9.84 Å². The Morgan fingerprint density at radius 1 is 1.28 bits per heavy atom. The first-order valence-corrected chi connectivity index (χ1v) is 6.24. The molecule has 18 heavy (non-hydrogen) atoms. The highest BCUT2D eigenvalue weighted by molar-refractivity contribution is 5.38. The third-order valence-corrected chi connectivity index (χ3v) is 2.25. The van der Waals surface area contributed by atoms with Gasteiger partial charge in [0.05, 0.1) is 6.61 Å². The van der Waals surface area contributed by atoms with Crippen molar-refractivity contribution in [1.29, 1.82) is 0 Å². The fraction of sp³-hybridized carbons (Fsp3) is 0.500. The van der Waals surface area contributed by atoms with Crippen molar-refractivity contribution in [3.8, 4) is 18.1 Å². The van der Waals surface area contributed by atoms with E-state index in [2.05, 4.69) is 52.3 Å². The summed E-state index contributed by atoms with van der Waals surface area (Å²) in [5, 5.41) is 7.64. The average molecular weight is 248 g/mol. The Labute approximate surface area is 111 Å². The normalized spacial score (nSPS) is 10.0. The molecule has 0 amide bonds. The van der Waals surface area contributed by atoms with Crippen molar-refractivity contribution < 1.29 is 9.84 Å². The summed E-state index contributed by atoms with van der Waals surface area (Å²) in [7, 11) is 0. The molecule has 2 nitrogen and oxygen atoms in total. The van der Waals surface area contributed by atoms with Gasteiger partial charge < -0.3 is 9.84 Å². The van der Waals surface area contributed by atoms with Gasteiger partial charge in [0, 0.05) is 0 Å². The number of hydrogen-bond acceptors (Lipinski definition) is 2. The quantitative estimate of drug-likeness (QED) is 0.831. The third kappa shape index (κ3) is 6.32. The van der Waals surface area contributed by atoms with E-state index >= 15 is 0 Å². The van der Waals surface area contributed by atoms with Crippen LogP contribution in [-0.2, 0) is 5.41 Å². The number of ether oxygens (including phenoxy) is 1. The van der Waals surface area contributed by atoms with Crippen LogP contribution >= 0.6 is 0 Å². The zero-order valence-electron chi connectivity index (χ0n) is 11.9. The first-order chi connectivity index (χ1) is 8.47. The van der Waals surface area contributed by atoms with E-state index in [1.54, 1.807) is 0 Å². The first-order valence-electron chi connectivity index (χ1n) is 6.24. The molecule has 100 valence electrons. The Morgan fingerprint density at radius 2 is 1.83 bits per heavy atom. The third-order valence-electron chi connectivity index (χ3n) is 2.25. The zero-order valence-corrected chi connectivity index (χ0v) is 11.9. The molecule has 1 rings (SSSR count). The summed E-state index contributed by atoms with van der Waals surface area (Å²) in [5.74, 6) is 3.02. The van der Waals surface area contributed by atoms with E-state index in [0.717, 1.165) is 18.8 Å². The highest BCUT2D eigenvalue weighted by atomic mass is 16.5. The van der Waals surface area contributed by atoms with Crippen molar-refractivity contribution in [2.45, 2.75) is 39.5 Å². The van der Waals surface area contributed by atoms with Crippen molar-refractivity contribution in [1.82, 2.24) is 0 Å². The molecule has 0 radical (unpaired) electrons. The lowest BCUT2D eigenvalue weighted by Gasteiger charge is -2.22. The molecule has 2 heteroatoms. The van der Waals surface area contributed by atoms with Crippen LogP contribution in [0, 0.1) is 12.3 Å². The average Bonchev–Trinajstić information content (AvgIpc) is 2.36. The lowest BCUT2D eigenvalue weighted by molar-refractivity contribution is 0.308. The largest absolute Gasteiger partial charge is 0.493 e. The molecule has 0 aromatic heterocycles. The monoisotopic (exact) mass is 248 g/mol. The van der Waals surface area contributed by atoms with E-state index in [1.807, 2.05) is 12.0 Å². The highest BCUT2D eigenvalue weighted by Gasteiger charge is 2.17. The molecular weight excluding hydrogens is 224 g/mol. The molecule has 0 saturated carbocycles. The molecule has 0 atom stereocenters. The number of aliphatic hydroxyl groups excluding tert-OH is 1. The minimum absolute atomic E-state index is 0.153. The Morgan fingerprint density at radius 3 is 2.28 bits per heavy atom. The highest BCUT2D eigenvalue weighted by Crippen LogP contribution is 2.30. The van der Waals surface area contributed by atoms with Crippen molar-refractivity contribution in [2.75, 3.05) is 13.2 Å². The summed E-state index contributed by atoms with van der Waals surface area (Å²) in [6.07, 6.45) is 5.58. The van der Waals surface area contributed by atoms with Gasteiger partial charge in [-0.05, 0) is 23.5 Å². The molecule has 1 N–H and O–H groups in total. The van der Waals surface area contributed by atoms with Gasteiger partial charge in [-0.25, -0.2) is 0 Å². The molecule has 0 aliphatic heterocycles. The van der Waals surface area contributed by atoms with Crippen LogP contribution in [0.3, 0.4) is 0 Å². The molecule has 0 aliphatic carbocycles. The molecule has 0 fully saturated rings. The molecular formula is C16H24O2. The fourth-order valence-electron chi connectivity index (χ4n) is 1.42. The minimum Gasteiger partial charge on any atom is -0.493 e. The van der Waals surface area contributed by atoms with Crippen LogP contribution in [0.5, 0.6) is 5.75 Å². The minimum atomic E-state index is -0.153. The van der Waals surface area contributed by atoms with Gasteiger partial charge in [0.15, 0.2) is 0 Å². The van der Waals surface area contributed by atoms with E-state index in [1.165, 1.54) is 5.56 Å². The van der Waals surface area contributed by atoms with Crippen molar-refractivity contribution in [3.63, 3.8) is 0 Å². The number of aliphatic hydroxyl groups is 1. The van der Waals surface area contributed by atoms with Gasteiger partial charge in [-0.15, -0.1) is 6.42 Å². The molecule has 0 aliphatic rings. The van der Waals surface area contributed by atoms with Gasteiger partial charge in [0.2, 0.25) is 0 Å². The number of para-hydroxylation sites is 1. The summed E-state index contributed by atoms with van der Waals surface area (Å²) in [5.41, 5.74) is 1.44. The van der Waals surface area contributed by atoms with Crippen LogP contribution in [0.25, 0.3) is 0 Å². The molecule has 0 heterocycles. The molecule has 0 unspecified atom stereocenters. The maximum absolute atomic E-state index is 7.64. The maximum atomic E-state index is 7.64. The molecule has 0 saturated heterocycles. The van der Waals surface area contributed by atoms with E-state index in [-0.39, 0.29) is 12.0 Å². The van der Waals surface area contributed by atoms with Gasteiger partial charge in [0.1, 0.15) is 12.4 Å². The second kappa shape index (κ2) is 8.60. The van der Waals surface area contributed by atoms with Crippen LogP contribution in [0.4, 0.5) is 0 Å². The second-order valence-electron chi connectivity index (χ2n) is 4.96. The van der Waals surface area contributed by atoms with Gasteiger partial charge in [-0.1, -0.05) is 51.8 Å². The Balaban J connectivity index is 0.000000631. The van der Waals surface area contributed by atoms with Crippen molar-refractivity contribution in [2.24, 2.45) is 0 Å². The SMILES string of the molecule is C#CCO.CCCOc1ccccc1C(C)(C)C. The molecule has 0 spiro atoms. The lowest BCUT2D eigenvalue weighted by Crippen LogP contribution is -2.13. The summed E-state index contributed by atoms with van der Waals surface area (Å²) >= 11 is 0. The van der Waals surface area contributed by atoms with Crippen LogP contribution in [0.1, 0.15) is 39.7 Å². The zero-order chi connectivity index (χ0) is 14.0. The first kappa shape index (κ1) is 16.5. The number of hydrogen-bond donors (Lipinski definition) is 1. The van der Waals surface area contributed by atoms with Crippen molar-refractivity contribution in [3.05, 3.63) is 29.8 Å². The summed E-state index contributed by atoms with van der Waals surface area (Å²) in [6, 6.07) is 8.29. The number of rotatable bonds is 3. The summed E-state index contributed by atoms with van der Waals surface area (Å²) < 4.78 is 5.71. The predicted octanol–water partition coefficient (Wildman–Crippen LogP) is 3.38. The van der Waals surface area contributed by atoms with E-state index < -0.39 is 0 Å². The summed E-state index contributed by atoms with van der Waals surface area (Å²) in [6.45, 7) is 9.40. The van der Waals surface area contributed by atoms with Crippen LogP contribution in [0.2, 0.25) is 0 Å². The van der Waals surface area contributed by atoms with E-state index in [9.17, 15) is 0 Å².